The smallest absolute Gasteiger partial charge is 0.119 e. The van der Waals surface area contributed by atoms with Crippen LogP contribution < -0.4 is 4.74 Å². The van der Waals surface area contributed by atoms with Gasteiger partial charge in [-0.1, -0.05) is 46.8 Å². The van der Waals surface area contributed by atoms with Crippen molar-refractivity contribution < 1.29 is 14.6 Å². The molecular weight excluding hydrogens is 276 g/mol. The first-order valence-electron chi connectivity index (χ1n) is 8.38. The summed E-state index contributed by atoms with van der Waals surface area (Å²) in [6, 6.07) is 8.39. The van der Waals surface area contributed by atoms with Gasteiger partial charge >= 0.3 is 0 Å². The van der Waals surface area contributed by atoms with Crippen LogP contribution in [0.4, 0.5) is 0 Å². The fourth-order valence-corrected chi connectivity index (χ4v) is 2.62. The van der Waals surface area contributed by atoms with Gasteiger partial charge in [0, 0.05) is 0 Å². The van der Waals surface area contributed by atoms with E-state index in [2.05, 4.69) is 46.8 Å². The highest BCUT2D eigenvalue weighted by Gasteiger charge is 2.22. The zero-order chi connectivity index (χ0) is 16.5. The Labute approximate surface area is 135 Å². The van der Waals surface area contributed by atoms with Gasteiger partial charge in [0.25, 0.3) is 0 Å². The minimum atomic E-state index is 0.0551. The Balaban J connectivity index is 2.49. The van der Waals surface area contributed by atoms with E-state index >= 15 is 0 Å². The number of ether oxygens (including phenoxy) is 2. The first-order valence-corrected chi connectivity index (χ1v) is 8.38. The summed E-state index contributed by atoms with van der Waals surface area (Å²) in [7, 11) is 0. The first kappa shape index (κ1) is 19.0. The predicted octanol–water partition coefficient (Wildman–Crippen LogP) is 4.11. The van der Waals surface area contributed by atoms with Crippen LogP contribution >= 0.6 is 0 Å². The standard InChI is InChI=1S/C19H32O3/c1-14(2)15(3)16(4)17(5)18-6-8-19(9-7-18)22-13-12-21-11-10-20/h6-9,14-17,20H,10-13H2,1-5H3. The van der Waals surface area contributed by atoms with E-state index in [-0.39, 0.29) is 6.61 Å². The van der Waals surface area contributed by atoms with Crippen molar-refractivity contribution in [3.8, 4) is 5.75 Å². The summed E-state index contributed by atoms with van der Waals surface area (Å²) >= 11 is 0. The van der Waals surface area contributed by atoms with Crippen molar-refractivity contribution in [2.75, 3.05) is 26.4 Å². The Morgan fingerprint density at radius 3 is 2.05 bits per heavy atom. The molecule has 0 aromatic heterocycles. The van der Waals surface area contributed by atoms with Crippen LogP contribution in [0.2, 0.25) is 0 Å². The molecule has 126 valence electrons. The van der Waals surface area contributed by atoms with Gasteiger partial charge in [-0.05, 0) is 41.4 Å². The predicted molar refractivity (Wildman–Crippen MR) is 91.4 cm³/mol. The second kappa shape index (κ2) is 9.86. The van der Waals surface area contributed by atoms with E-state index in [1.54, 1.807) is 0 Å². The number of rotatable bonds is 10. The Morgan fingerprint density at radius 2 is 1.50 bits per heavy atom. The SMILES string of the molecule is CC(C)C(C)C(C)C(C)c1ccc(OCCOCCO)cc1. The minimum Gasteiger partial charge on any atom is -0.491 e. The lowest BCUT2D eigenvalue weighted by Crippen LogP contribution is -2.19. The first-order chi connectivity index (χ1) is 10.5. The normalized spacial score (nSPS) is 15.6. The van der Waals surface area contributed by atoms with Crippen molar-refractivity contribution >= 4 is 0 Å². The highest BCUT2D eigenvalue weighted by atomic mass is 16.5. The quantitative estimate of drug-likeness (QED) is 0.661. The van der Waals surface area contributed by atoms with Gasteiger partial charge in [-0.3, -0.25) is 0 Å². The lowest BCUT2D eigenvalue weighted by Gasteiger charge is -2.29. The highest BCUT2D eigenvalue weighted by Crippen LogP contribution is 2.33. The van der Waals surface area contributed by atoms with E-state index < -0.39 is 0 Å². The van der Waals surface area contributed by atoms with Crippen LogP contribution in [-0.2, 0) is 4.74 Å². The summed E-state index contributed by atoms with van der Waals surface area (Å²) in [5, 5.41) is 8.62. The Bertz CT molecular complexity index is 400. The molecule has 1 aromatic rings. The molecule has 3 unspecified atom stereocenters. The molecule has 0 heterocycles. The maximum absolute atomic E-state index is 8.62. The maximum atomic E-state index is 8.62. The van der Waals surface area contributed by atoms with Crippen LogP contribution in [0.5, 0.6) is 5.75 Å². The monoisotopic (exact) mass is 308 g/mol. The number of hydrogen-bond donors (Lipinski definition) is 1. The molecule has 0 aliphatic heterocycles. The van der Waals surface area contributed by atoms with Crippen molar-refractivity contribution in [2.24, 2.45) is 17.8 Å². The minimum absolute atomic E-state index is 0.0551. The molecule has 0 saturated carbocycles. The second-order valence-electron chi connectivity index (χ2n) is 6.50. The van der Waals surface area contributed by atoms with Crippen molar-refractivity contribution in [1.82, 2.24) is 0 Å². The molecule has 3 atom stereocenters. The molecule has 1 N–H and O–H groups in total. The second-order valence-corrected chi connectivity index (χ2v) is 6.50. The lowest BCUT2D eigenvalue weighted by molar-refractivity contribution is 0.0705. The molecule has 0 amide bonds. The van der Waals surface area contributed by atoms with E-state index in [4.69, 9.17) is 14.6 Å². The van der Waals surface area contributed by atoms with Crippen LogP contribution in [0, 0.1) is 17.8 Å². The largest absolute Gasteiger partial charge is 0.491 e. The Morgan fingerprint density at radius 1 is 0.864 bits per heavy atom. The average Bonchev–Trinajstić information content (AvgIpc) is 2.53. The molecule has 0 radical (unpaired) electrons. The van der Waals surface area contributed by atoms with Crippen molar-refractivity contribution in [2.45, 2.75) is 40.5 Å². The van der Waals surface area contributed by atoms with E-state index in [1.165, 1.54) is 5.56 Å². The van der Waals surface area contributed by atoms with Crippen LogP contribution in [0.3, 0.4) is 0 Å². The maximum Gasteiger partial charge on any atom is 0.119 e. The molecule has 0 aliphatic rings. The summed E-state index contributed by atoms with van der Waals surface area (Å²) in [6.07, 6.45) is 0. The third kappa shape index (κ3) is 5.98. The fraction of sp³-hybridized carbons (Fsp3) is 0.684. The Kier molecular flexibility index (Phi) is 8.51. The van der Waals surface area contributed by atoms with Crippen LogP contribution in [0.15, 0.2) is 24.3 Å². The van der Waals surface area contributed by atoms with Gasteiger partial charge in [-0.15, -0.1) is 0 Å². The third-order valence-electron chi connectivity index (χ3n) is 4.81. The van der Waals surface area contributed by atoms with Crippen LogP contribution in [0.25, 0.3) is 0 Å². The summed E-state index contributed by atoms with van der Waals surface area (Å²) in [5.41, 5.74) is 1.36. The Hall–Kier alpha value is -1.06. The molecule has 22 heavy (non-hydrogen) atoms. The van der Waals surface area contributed by atoms with Gasteiger partial charge in [-0.2, -0.15) is 0 Å². The number of aliphatic hydroxyl groups excluding tert-OH is 1. The topological polar surface area (TPSA) is 38.7 Å². The average molecular weight is 308 g/mol. The van der Waals surface area contributed by atoms with Crippen LogP contribution in [-0.4, -0.2) is 31.5 Å². The zero-order valence-corrected chi connectivity index (χ0v) is 14.7. The van der Waals surface area contributed by atoms with Gasteiger partial charge in [0.05, 0.1) is 19.8 Å². The van der Waals surface area contributed by atoms with Gasteiger partial charge in [-0.25, -0.2) is 0 Å². The van der Waals surface area contributed by atoms with Crippen molar-refractivity contribution in [1.29, 1.82) is 0 Å². The molecule has 1 rings (SSSR count). The highest BCUT2D eigenvalue weighted by molar-refractivity contribution is 5.29. The molecule has 0 saturated heterocycles. The van der Waals surface area contributed by atoms with Gasteiger partial charge in [0.1, 0.15) is 12.4 Å². The van der Waals surface area contributed by atoms with Crippen molar-refractivity contribution in [3.05, 3.63) is 29.8 Å². The molecular formula is C19H32O3. The van der Waals surface area contributed by atoms with E-state index in [0.29, 0.717) is 43.5 Å². The number of benzene rings is 1. The zero-order valence-electron chi connectivity index (χ0n) is 14.7. The molecule has 3 heteroatoms. The van der Waals surface area contributed by atoms with E-state index in [9.17, 15) is 0 Å². The molecule has 0 fully saturated rings. The molecule has 1 aromatic carbocycles. The molecule has 0 spiro atoms. The van der Waals surface area contributed by atoms with E-state index in [0.717, 1.165) is 5.75 Å². The summed E-state index contributed by atoms with van der Waals surface area (Å²) in [4.78, 5) is 0. The summed E-state index contributed by atoms with van der Waals surface area (Å²) in [6.45, 7) is 13.0. The van der Waals surface area contributed by atoms with Crippen molar-refractivity contribution in [3.63, 3.8) is 0 Å². The molecule has 3 nitrogen and oxygen atoms in total. The van der Waals surface area contributed by atoms with Gasteiger partial charge < -0.3 is 14.6 Å². The molecule has 0 bridgehead atoms. The van der Waals surface area contributed by atoms with Gasteiger partial charge in [0.15, 0.2) is 0 Å². The molecule has 0 aliphatic carbocycles. The third-order valence-corrected chi connectivity index (χ3v) is 4.81. The number of aliphatic hydroxyl groups is 1. The fourth-order valence-electron chi connectivity index (χ4n) is 2.62. The van der Waals surface area contributed by atoms with Crippen LogP contribution in [0.1, 0.15) is 46.1 Å². The summed E-state index contributed by atoms with van der Waals surface area (Å²) < 4.78 is 10.8. The van der Waals surface area contributed by atoms with E-state index in [1.807, 2.05) is 12.1 Å². The lowest BCUT2D eigenvalue weighted by atomic mass is 9.76. The summed E-state index contributed by atoms with van der Waals surface area (Å²) in [5.74, 6) is 3.47. The van der Waals surface area contributed by atoms with Gasteiger partial charge in [0.2, 0.25) is 0 Å². The number of hydrogen-bond acceptors (Lipinski definition) is 3.